The molecule has 2 aliphatic heterocycles. The number of nitrogens with zero attached hydrogens (tertiary/aromatic N) is 1. The normalized spacial score (nSPS) is 15.1. The van der Waals surface area contributed by atoms with E-state index in [1.165, 1.54) is 13.2 Å². The summed E-state index contributed by atoms with van der Waals surface area (Å²) >= 11 is 6.33. The number of hydrogen-bond acceptors (Lipinski definition) is 5. The summed E-state index contributed by atoms with van der Waals surface area (Å²) in [6.45, 7) is 9.89. The fraction of sp³-hybridized carbons (Fsp3) is 0.394. The second-order valence-electron chi connectivity index (χ2n) is 11.7. The lowest BCUT2D eigenvalue weighted by molar-refractivity contribution is -0.160. The van der Waals surface area contributed by atoms with Crippen molar-refractivity contribution in [1.82, 2.24) is 0 Å². The molecule has 0 spiro atoms. The van der Waals surface area contributed by atoms with Gasteiger partial charge < -0.3 is 24.2 Å². The zero-order chi connectivity index (χ0) is 30.5. The lowest BCUT2D eigenvalue weighted by atomic mass is 9.83. The number of carboxylic acids is 1. The summed E-state index contributed by atoms with van der Waals surface area (Å²) in [5, 5.41) is 10.7. The number of ether oxygens (including phenoxy) is 3. The van der Waals surface area contributed by atoms with Crippen LogP contribution in [0.5, 0.6) is 11.5 Å². The predicted octanol–water partition coefficient (Wildman–Crippen LogP) is 7.24. The molecule has 9 heteroatoms. The van der Waals surface area contributed by atoms with Crippen molar-refractivity contribution in [2.24, 2.45) is 0 Å². The van der Waals surface area contributed by atoms with E-state index in [9.17, 15) is 14.7 Å². The molecule has 0 radical (unpaired) electrons. The molecular weight excluding hydrogens is 561 g/mol. The Morgan fingerprint density at radius 2 is 1.88 bits per heavy atom. The second kappa shape index (κ2) is 11.2. The van der Waals surface area contributed by atoms with E-state index in [1.807, 2.05) is 13.0 Å². The number of hydrogen-bond donors (Lipinski definition) is 1. The van der Waals surface area contributed by atoms with Crippen molar-refractivity contribution in [3.05, 3.63) is 74.6 Å². The maximum atomic E-state index is 15.6. The largest absolute Gasteiger partial charge is 0.494 e. The minimum absolute atomic E-state index is 0.249. The van der Waals surface area contributed by atoms with Gasteiger partial charge in [-0.15, -0.1) is 0 Å². The molecule has 2 aliphatic rings. The molecule has 3 aromatic rings. The van der Waals surface area contributed by atoms with Crippen molar-refractivity contribution < 1.29 is 33.3 Å². The fourth-order valence-corrected chi connectivity index (χ4v) is 6.34. The number of anilines is 1. The number of para-hydroxylation sites is 1. The predicted molar refractivity (Wildman–Crippen MR) is 160 cm³/mol. The Morgan fingerprint density at radius 1 is 1.14 bits per heavy atom. The van der Waals surface area contributed by atoms with Crippen LogP contribution in [0, 0.1) is 19.7 Å². The van der Waals surface area contributed by atoms with Crippen molar-refractivity contribution in [3.63, 3.8) is 0 Å². The van der Waals surface area contributed by atoms with E-state index in [4.69, 9.17) is 25.8 Å². The van der Waals surface area contributed by atoms with Gasteiger partial charge in [-0.25, -0.2) is 9.18 Å². The van der Waals surface area contributed by atoms with Crippen molar-refractivity contribution in [1.29, 1.82) is 0 Å². The van der Waals surface area contributed by atoms with Gasteiger partial charge in [-0.2, -0.15) is 0 Å². The Hall–Kier alpha value is -3.62. The highest BCUT2D eigenvalue weighted by molar-refractivity contribution is 6.33. The summed E-state index contributed by atoms with van der Waals surface area (Å²) in [4.78, 5) is 28.3. The van der Waals surface area contributed by atoms with Gasteiger partial charge in [0.15, 0.2) is 17.7 Å². The first-order chi connectivity index (χ1) is 19.8. The minimum atomic E-state index is -1.32. The summed E-state index contributed by atoms with van der Waals surface area (Å²) in [5.74, 6) is -1.41. The second-order valence-corrected chi connectivity index (χ2v) is 12.2. The number of methoxy groups -OCH3 is 1. The molecule has 0 aliphatic carbocycles. The number of carboxylic acid groups (broad SMARTS) is 1. The van der Waals surface area contributed by atoms with Gasteiger partial charge >= 0.3 is 5.97 Å². The average molecular weight is 596 g/mol. The molecular formula is C33H35ClFNO6. The molecule has 1 atom stereocenters. The fourth-order valence-electron chi connectivity index (χ4n) is 6.09. The zero-order valence-electron chi connectivity index (χ0n) is 24.7. The summed E-state index contributed by atoms with van der Waals surface area (Å²) in [6, 6.07) is 8.26. The molecule has 42 heavy (non-hydrogen) atoms. The molecule has 1 N–H and O–H groups in total. The quantitative estimate of drug-likeness (QED) is 0.323. The number of amides is 1. The van der Waals surface area contributed by atoms with Crippen molar-refractivity contribution in [3.8, 4) is 22.6 Å². The summed E-state index contributed by atoms with van der Waals surface area (Å²) in [5.41, 5.74) is 4.74. The number of benzene rings is 3. The first kappa shape index (κ1) is 29.9. The van der Waals surface area contributed by atoms with Crippen LogP contribution in [0.15, 0.2) is 30.3 Å². The van der Waals surface area contributed by atoms with Gasteiger partial charge in [-0.1, -0.05) is 17.7 Å². The van der Waals surface area contributed by atoms with Crippen molar-refractivity contribution in [2.75, 3.05) is 25.2 Å². The first-order valence-electron chi connectivity index (χ1n) is 14.0. The monoisotopic (exact) mass is 595 g/mol. The van der Waals surface area contributed by atoms with E-state index in [1.54, 1.807) is 50.8 Å². The van der Waals surface area contributed by atoms with Gasteiger partial charge in [0.05, 0.1) is 29.9 Å². The van der Waals surface area contributed by atoms with Crippen LogP contribution in [0.2, 0.25) is 5.02 Å². The Kier molecular flexibility index (Phi) is 7.98. The number of aliphatic carboxylic acids is 1. The molecule has 3 aromatic carbocycles. The van der Waals surface area contributed by atoms with Crippen LogP contribution < -0.4 is 14.4 Å². The third-order valence-corrected chi connectivity index (χ3v) is 8.14. The summed E-state index contributed by atoms with van der Waals surface area (Å²) in [6.07, 6.45) is 0.514. The zero-order valence-corrected chi connectivity index (χ0v) is 25.4. The van der Waals surface area contributed by atoms with Gasteiger partial charge in [0, 0.05) is 23.4 Å². The molecule has 0 saturated carbocycles. The average Bonchev–Trinajstić information content (AvgIpc) is 3.35. The highest BCUT2D eigenvalue weighted by Gasteiger charge is 2.38. The number of fused-ring (bicyclic) bond motifs is 2. The third-order valence-electron chi connectivity index (χ3n) is 7.84. The highest BCUT2D eigenvalue weighted by atomic mass is 35.5. The van der Waals surface area contributed by atoms with E-state index in [2.05, 4.69) is 0 Å². The van der Waals surface area contributed by atoms with Crippen LogP contribution in [0.3, 0.4) is 0 Å². The van der Waals surface area contributed by atoms with Crippen molar-refractivity contribution in [2.45, 2.75) is 65.6 Å². The van der Waals surface area contributed by atoms with Crippen LogP contribution in [-0.4, -0.2) is 42.8 Å². The summed E-state index contributed by atoms with van der Waals surface area (Å²) < 4.78 is 32.9. The maximum absolute atomic E-state index is 15.6. The maximum Gasteiger partial charge on any atom is 0.337 e. The SMILES string of the molecule is COc1c(Cl)cccc1C(=O)N1CCc2c1cc(C)c(C(OC(C)(C)C)C(=O)O)c2-c1cc(F)c2c(c1C)CCCO2. The number of halogens is 2. The molecule has 7 nitrogen and oxygen atoms in total. The smallest absolute Gasteiger partial charge is 0.337 e. The van der Waals surface area contributed by atoms with Gasteiger partial charge in [0.25, 0.3) is 5.91 Å². The van der Waals surface area contributed by atoms with Gasteiger partial charge in [0.1, 0.15) is 5.75 Å². The number of aryl methyl sites for hydroxylation is 1. The van der Waals surface area contributed by atoms with Gasteiger partial charge in [0.2, 0.25) is 0 Å². The van der Waals surface area contributed by atoms with Crippen LogP contribution in [0.25, 0.3) is 11.1 Å². The van der Waals surface area contributed by atoms with Gasteiger partial charge in [-0.05, 0) is 106 Å². The molecule has 0 fully saturated rings. The Labute approximate surface area is 250 Å². The highest BCUT2D eigenvalue weighted by Crippen LogP contribution is 2.48. The standard InChI is InChI=1S/C33H35ClFNO6/c1-17-15-25-20(12-13-36(25)31(37)21-9-7-11-23(34)28(21)40-6)27(26(17)30(32(38)39)42-33(3,4)5)22-16-24(35)29-19(18(22)2)10-8-14-41-29/h7,9,11,15-16,30H,8,10,12-14H2,1-6H3,(H,38,39). The van der Waals surface area contributed by atoms with Crippen LogP contribution >= 0.6 is 11.6 Å². The molecule has 0 bridgehead atoms. The number of rotatable bonds is 6. The minimum Gasteiger partial charge on any atom is -0.494 e. The van der Waals surface area contributed by atoms with Crippen LogP contribution in [-0.2, 0) is 22.4 Å². The Bertz CT molecular complexity index is 1590. The van der Waals surface area contributed by atoms with Crippen molar-refractivity contribution >= 4 is 29.2 Å². The van der Waals surface area contributed by atoms with Gasteiger partial charge in [-0.3, -0.25) is 4.79 Å². The molecule has 2 heterocycles. The number of carbonyl (C=O) groups excluding carboxylic acids is 1. The number of carbonyl (C=O) groups is 2. The topological polar surface area (TPSA) is 85.3 Å². The summed E-state index contributed by atoms with van der Waals surface area (Å²) in [7, 11) is 1.46. The lowest BCUT2D eigenvalue weighted by Crippen LogP contribution is -2.30. The lowest BCUT2D eigenvalue weighted by Gasteiger charge is -2.30. The van der Waals surface area contributed by atoms with Crippen LogP contribution in [0.1, 0.15) is 71.5 Å². The Morgan fingerprint density at radius 3 is 2.55 bits per heavy atom. The molecule has 1 unspecified atom stereocenters. The molecule has 222 valence electrons. The first-order valence-corrected chi connectivity index (χ1v) is 14.4. The van der Waals surface area contributed by atoms with E-state index in [0.29, 0.717) is 64.5 Å². The van der Waals surface area contributed by atoms with E-state index < -0.39 is 23.5 Å². The Balaban J connectivity index is 1.78. The van der Waals surface area contributed by atoms with E-state index in [-0.39, 0.29) is 17.4 Å². The van der Waals surface area contributed by atoms with Crippen LogP contribution in [0.4, 0.5) is 10.1 Å². The molecule has 5 rings (SSSR count). The van der Waals surface area contributed by atoms with E-state index in [0.717, 1.165) is 23.1 Å². The third kappa shape index (κ3) is 5.22. The van der Waals surface area contributed by atoms with E-state index >= 15 is 4.39 Å². The molecule has 0 aromatic heterocycles. The molecule has 0 saturated heterocycles. The molecule has 1 amide bonds.